The third-order valence-corrected chi connectivity index (χ3v) is 0. The van der Waals surface area contributed by atoms with Gasteiger partial charge in [-0.2, -0.15) is 0 Å². The zero-order valence-electron chi connectivity index (χ0n) is 47.0. The van der Waals surface area contributed by atoms with Gasteiger partial charge in [-0.1, -0.05) is 0 Å². The molecule has 0 aliphatic rings. The average Bonchev–Trinajstić information content (AvgIpc) is 2.22. The van der Waals surface area contributed by atoms with Crippen LogP contribution in [0.25, 0.3) is 16.0 Å². The molecule has 28 N–H and O–H groups in total. The van der Waals surface area contributed by atoms with Crippen molar-refractivity contribution in [2.45, 2.75) is 0 Å². The Kier molecular flexibility index (Phi) is 14700. The zero-order chi connectivity index (χ0) is 24.2. The quantitative estimate of drug-likeness (QED) is 0.0898. The summed E-state index contributed by atoms with van der Waals surface area (Å²) in [4.78, 5) is 1.50. The molecule has 74 heteroatoms. The van der Waals surface area contributed by atoms with E-state index in [4.69, 9.17) is 11.1 Å². The van der Waals surface area contributed by atoms with Gasteiger partial charge >= 0.3 is 0 Å². The molecule has 0 rings (SSSR count). The summed E-state index contributed by atoms with van der Waals surface area (Å²) in [5, 5.41) is 0. The standard InChI is InChI=1S/6C2H6OS.N3.7H3N.38O.14V/c6*1-4(2)3;1-3-2;;;;;;;;;;;;;;;;;;;;;;;;;;;;;;;;;;;;;;;;;;;;;;;;;;;;;;;;;;;/h6*1-2H3;;7*1H3;;;;;;;;;;;;;;;;;;;;;;;;;;;;;;;;;;;;;;;;;;;;;;;;;;;;/q;;;;;;-1;;;;;;;;38*-2;;;;;;;;;;;;;;/p+7. The van der Waals surface area contributed by atoms with Gasteiger partial charge in [-0.15, -0.1) is 0 Å². The average molecular weight is 1960 g/mol. The van der Waals surface area contributed by atoms with Crippen molar-refractivity contribution in [3.8, 4) is 0 Å². The maximum Gasteiger partial charge on any atom is 0.0148 e. The summed E-state index contributed by atoms with van der Waals surface area (Å²) in [6, 6.07) is 0. The second kappa shape index (κ2) is 1150. The van der Waals surface area contributed by atoms with Gasteiger partial charge in [0.2, 0.25) is 0 Å². The minimum Gasteiger partial charge on any atom is -2.00 e. The van der Waals surface area contributed by atoms with Crippen LogP contribution in [0, 0.1) is 0 Å². The van der Waals surface area contributed by atoms with Crippen molar-refractivity contribution in [1.82, 2.24) is 43.1 Å². The SMILES string of the molecule is CS(C)=O.CS(C)=O.CS(C)=O.CS(C)=O.CS(C)=O.CS(C)=O.[N-]=[N+]=[N-].[NH4+].[NH4+].[NH4+].[NH4+].[NH4+].[NH4+].[NH4+].[O-2].[O-2].[O-2].[O-2].[O-2].[O-2].[O-2].[O-2].[O-2].[O-2].[O-2].[O-2].[O-2].[O-2].[O-2].[O-2].[O-2].[O-2].[O-2].[O-2].[O-2].[O-2].[O-2].[O-2].[O-2].[O-2].[O-2].[O-2].[O-2].[O-2].[O-2].[O-2].[O-2].[O-2].[O-2].[O-2].[O-2].[O-2].[V].[V].[V].[V].[V].[V].[V].[V].[V].[V].[V].[V].[V].[V]. The molecule has 0 heterocycles. The van der Waals surface area contributed by atoms with Gasteiger partial charge in [0.15, 0.2) is 0 Å². The maximum atomic E-state index is 9.56. The van der Waals surface area contributed by atoms with Gasteiger partial charge in [-0.3, -0.25) is 30.2 Å². The third-order valence-electron chi connectivity index (χ3n) is 0. The summed E-state index contributed by atoms with van der Waals surface area (Å²) in [7, 11) is -3.67. The molecule has 0 aliphatic carbocycles. The molecule has 0 aromatic rings. The van der Waals surface area contributed by atoms with Crippen LogP contribution in [0.15, 0.2) is 0 Å². The molecule has 0 spiro atoms. The Bertz CT molecular complexity index is 469. The minimum atomic E-state index is -0.611. The molecule has 0 aromatic carbocycles. The summed E-state index contributed by atoms with van der Waals surface area (Å²) in [6.45, 7) is 0. The van der Waals surface area contributed by atoms with Crippen LogP contribution >= 0.6 is 0 Å². The normalized spacial score (nSPS) is 2.53. The molecule has 0 atom stereocenters. The Morgan fingerprint density at radius 2 is 0.151 bits per heavy atom. The van der Waals surface area contributed by atoms with Crippen LogP contribution in [0.3, 0.4) is 0 Å². The van der Waals surface area contributed by atoms with Gasteiger partial charge in [-0.05, 0) is 0 Å². The van der Waals surface area contributed by atoms with Crippen LogP contribution < -0.4 is 43.1 Å². The van der Waals surface area contributed by atoms with Crippen LogP contribution in [0.1, 0.15) is 0 Å². The van der Waals surface area contributed by atoms with E-state index in [1.54, 1.807) is 75.1 Å². The first-order chi connectivity index (χ1) is 11.8. The second-order valence-corrected chi connectivity index (χ2v) is 13.4. The van der Waals surface area contributed by atoms with Crippen molar-refractivity contribution in [2.24, 2.45) is 0 Å². The first-order valence-corrected chi connectivity index (χ1v) is 18.1. The number of hydrogen-bond donors (Lipinski definition) is 7. The van der Waals surface area contributed by atoms with Crippen LogP contribution in [-0.2, 0) is 533 Å². The topological polar surface area (TPSA) is 1500 Å². The predicted molar refractivity (Wildman–Crippen MR) is 198 cm³/mol. The van der Waals surface area contributed by atoms with Crippen LogP contribution in [0.4, 0.5) is 0 Å². The number of rotatable bonds is 0. The molecule has 0 aliphatic heterocycles. The summed E-state index contributed by atoms with van der Waals surface area (Å²) in [5.41, 5.74) is 13.5. The third kappa shape index (κ3) is 16700. The largest absolute Gasteiger partial charge is 2.00 e. The van der Waals surface area contributed by atoms with Gasteiger partial charge in [0.25, 0.3) is 0 Å². The van der Waals surface area contributed by atoms with E-state index in [0.29, 0.717) is 0 Å². The molecule has 0 aromatic heterocycles. The summed E-state index contributed by atoms with van der Waals surface area (Å²) >= 11 is 0. The first kappa shape index (κ1) is 1100. The Balaban J connectivity index is -0.000000000761. The van der Waals surface area contributed by atoms with Gasteiger partial charge in [0, 0.05) is 400 Å². The van der Waals surface area contributed by atoms with E-state index < -0.39 is 64.8 Å². The fourth-order valence-corrected chi connectivity index (χ4v) is 0. The molecule has 0 saturated heterocycles. The van der Waals surface area contributed by atoms with Gasteiger partial charge < -0.3 is 262 Å². The van der Waals surface area contributed by atoms with Crippen LogP contribution in [0.2, 0.25) is 0 Å². The molecule has 0 unspecified atom stereocenters. The predicted octanol–water partition coefficient (Wildman–Crippen LogP) is -1.08. The summed E-state index contributed by atoms with van der Waals surface area (Å²) < 4.78 is 57.3. The Labute approximate surface area is 683 Å². The zero-order valence-corrected chi connectivity index (χ0v) is 71.5. The van der Waals surface area contributed by atoms with Crippen LogP contribution in [-0.4, -0.2) is 100 Å². The number of hydrogen-bond acceptors (Lipinski definition) is 6. The van der Waals surface area contributed by atoms with Crippen molar-refractivity contribution >= 4 is 64.8 Å². The van der Waals surface area contributed by atoms with E-state index >= 15 is 0 Å². The van der Waals surface area contributed by atoms with Crippen molar-refractivity contribution in [3.05, 3.63) is 16.0 Å². The monoisotopic (exact) mass is 1960 g/mol. The minimum absolute atomic E-state index is 0. The second-order valence-electron chi connectivity index (χ2n) is 4.54. The molecule has 54 nitrogen and oxygen atoms in total. The van der Waals surface area contributed by atoms with Gasteiger partial charge in [-0.25, -0.2) is 0 Å². The van der Waals surface area contributed by atoms with E-state index in [9.17, 15) is 25.3 Å². The van der Waals surface area contributed by atoms with E-state index in [2.05, 4.69) is 0 Å². The molecule has 14 radical (unpaired) electrons. The molecule has 0 fully saturated rings. The Morgan fingerprint density at radius 1 is 0.151 bits per heavy atom. The Morgan fingerprint density at radius 3 is 0.151 bits per heavy atom. The number of nitrogens with zero attached hydrogens (tertiary/aromatic N) is 3. The molecule has 602 valence electrons. The van der Waals surface area contributed by atoms with Crippen molar-refractivity contribution < 1.29 is 493 Å². The smallest absolute Gasteiger partial charge is 0.0148 e. The van der Waals surface area contributed by atoms with E-state index in [0.717, 1.165) is 0 Å². The molecule has 86 heavy (non-hydrogen) atoms. The Hall–Kier alpha value is 6.59. The maximum absolute atomic E-state index is 9.56. The molecule has 0 saturated carbocycles. The van der Waals surface area contributed by atoms with Gasteiger partial charge in [0.1, 0.15) is 0 Å². The van der Waals surface area contributed by atoms with Crippen molar-refractivity contribution in [1.29, 1.82) is 0 Å². The van der Waals surface area contributed by atoms with Crippen LogP contribution in [0.5, 0.6) is 0 Å². The summed E-state index contributed by atoms with van der Waals surface area (Å²) in [6.07, 6.45) is 19.7. The van der Waals surface area contributed by atoms with Gasteiger partial charge in [0.05, 0.1) is 0 Å². The van der Waals surface area contributed by atoms with Crippen molar-refractivity contribution in [2.75, 3.05) is 75.1 Å². The van der Waals surface area contributed by atoms with E-state index in [-0.39, 0.29) is 511 Å². The molecular weight excluding hydrogens is 1890 g/mol. The fourth-order valence-electron chi connectivity index (χ4n) is 0. The summed E-state index contributed by atoms with van der Waals surface area (Å²) in [5.74, 6) is 0. The molecule has 0 amide bonds. The van der Waals surface area contributed by atoms with E-state index in [1.165, 1.54) is 4.91 Å². The fraction of sp³-hybridized carbons (Fsp3) is 1.00. The number of quaternary nitrogens is 7. The first-order valence-electron chi connectivity index (χ1n) is 6.30. The van der Waals surface area contributed by atoms with E-state index in [1.807, 2.05) is 0 Å². The molecular formula is C12H64N10O44S6V14-70. The molecule has 0 bridgehead atoms. The van der Waals surface area contributed by atoms with Crippen molar-refractivity contribution in [3.63, 3.8) is 0 Å².